The molecule has 2 aliphatic rings. The molecule has 0 bridgehead atoms. The Balaban J connectivity index is 1.67. The van der Waals surface area contributed by atoms with E-state index in [0.29, 0.717) is 12.1 Å². The van der Waals surface area contributed by atoms with Gasteiger partial charge in [0, 0.05) is 17.6 Å². The van der Waals surface area contributed by atoms with E-state index in [9.17, 15) is 13.2 Å². The molecule has 1 aliphatic heterocycles. The molecule has 2 fully saturated rings. The van der Waals surface area contributed by atoms with E-state index in [2.05, 4.69) is 14.9 Å². The number of hydrogen-bond donors (Lipinski definition) is 2. The van der Waals surface area contributed by atoms with E-state index in [1.807, 2.05) is 0 Å². The van der Waals surface area contributed by atoms with E-state index in [0.717, 1.165) is 25.9 Å². The fourth-order valence-electron chi connectivity index (χ4n) is 4.43. The van der Waals surface area contributed by atoms with Gasteiger partial charge in [0.25, 0.3) is 5.91 Å². The van der Waals surface area contributed by atoms with Crippen LogP contribution in [0.25, 0.3) is 0 Å². The molecule has 0 aromatic heterocycles. The monoisotopic (exact) mass is 393 g/mol. The number of likely N-dealkylation sites (tertiary alicyclic amines) is 1. The minimum Gasteiger partial charge on any atom is -0.350 e. The summed E-state index contributed by atoms with van der Waals surface area (Å²) in [4.78, 5) is 15.4. The van der Waals surface area contributed by atoms with Crippen molar-refractivity contribution in [3.8, 4) is 0 Å². The Labute approximate surface area is 162 Å². The molecule has 1 aromatic rings. The number of sulfonamides is 1. The number of nitrogens with zero attached hydrogens (tertiary/aromatic N) is 1. The van der Waals surface area contributed by atoms with Crippen molar-refractivity contribution in [3.63, 3.8) is 0 Å². The maximum absolute atomic E-state index is 12.6. The highest BCUT2D eigenvalue weighted by molar-refractivity contribution is 7.89. The second-order valence-electron chi connectivity index (χ2n) is 7.75. The van der Waals surface area contributed by atoms with Crippen LogP contribution in [0.1, 0.15) is 61.7 Å². The van der Waals surface area contributed by atoms with Crippen molar-refractivity contribution in [3.05, 3.63) is 29.8 Å². The van der Waals surface area contributed by atoms with Crippen molar-refractivity contribution in [2.24, 2.45) is 0 Å². The number of benzene rings is 1. The van der Waals surface area contributed by atoms with Gasteiger partial charge in [-0.05, 0) is 70.1 Å². The second kappa shape index (κ2) is 8.71. The van der Waals surface area contributed by atoms with E-state index in [1.54, 1.807) is 12.1 Å². The van der Waals surface area contributed by atoms with Crippen LogP contribution >= 0.6 is 0 Å². The van der Waals surface area contributed by atoms with Gasteiger partial charge < -0.3 is 5.32 Å². The lowest BCUT2D eigenvalue weighted by molar-refractivity contribution is 0.0326. The number of amides is 1. The molecule has 1 aliphatic carbocycles. The van der Waals surface area contributed by atoms with Crippen LogP contribution in [-0.4, -0.2) is 51.4 Å². The number of carbonyl (C=O) groups is 1. The summed E-state index contributed by atoms with van der Waals surface area (Å²) in [5.41, 5.74) is 0.582. The first kappa shape index (κ1) is 20.3. The maximum atomic E-state index is 12.6. The lowest BCUT2D eigenvalue weighted by Gasteiger charge is -2.48. The summed E-state index contributed by atoms with van der Waals surface area (Å²) in [6.45, 7) is 2.93. The van der Waals surface area contributed by atoms with Crippen LogP contribution in [-0.2, 0) is 10.0 Å². The Hall–Kier alpha value is -1.44. The van der Waals surface area contributed by atoms with Crippen molar-refractivity contribution >= 4 is 15.9 Å². The van der Waals surface area contributed by atoms with Crippen LogP contribution in [0.4, 0.5) is 0 Å². The number of rotatable bonds is 6. The van der Waals surface area contributed by atoms with Gasteiger partial charge in [-0.2, -0.15) is 0 Å². The normalized spacial score (nSPS) is 20.9. The van der Waals surface area contributed by atoms with E-state index in [1.165, 1.54) is 57.7 Å². The summed E-state index contributed by atoms with van der Waals surface area (Å²) in [6.07, 6.45) is 9.82. The fourth-order valence-corrected chi connectivity index (χ4v) is 5.16. The summed E-state index contributed by atoms with van der Waals surface area (Å²) in [5, 5.41) is 3.13. The summed E-state index contributed by atoms with van der Waals surface area (Å²) < 4.78 is 25.9. The number of piperidine rings is 1. The SMILES string of the molecule is CNS(=O)(=O)c1ccc(C(=O)NCC2(N3CCCCC3)CCCCC2)cc1. The molecule has 1 heterocycles. The zero-order chi connectivity index (χ0) is 19.3. The molecule has 1 saturated heterocycles. The minimum absolute atomic E-state index is 0.0870. The molecule has 27 heavy (non-hydrogen) atoms. The third-order valence-electron chi connectivity index (χ3n) is 6.08. The molecule has 2 N–H and O–H groups in total. The van der Waals surface area contributed by atoms with Crippen molar-refractivity contribution in [1.29, 1.82) is 0 Å². The van der Waals surface area contributed by atoms with Gasteiger partial charge in [0.2, 0.25) is 10.0 Å². The van der Waals surface area contributed by atoms with Crippen LogP contribution in [0.2, 0.25) is 0 Å². The average Bonchev–Trinajstić information content (AvgIpc) is 2.73. The van der Waals surface area contributed by atoms with Gasteiger partial charge in [-0.3, -0.25) is 9.69 Å². The van der Waals surface area contributed by atoms with Crippen molar-refractivity contribution in [1.82, 2.24) is 14.9 Å². The molecule has 1 saturated carbocycles. The zero-order valence-corrected chi connectivity index (χ0v) is 17.0. The second-order valence-corrected chi connectivity index (χ2v) is 9.63. The van der Waals surface area contributed by atoms with E-state index >= 15 is 0 Å². The van der Waals surface area contributed by atoms with E-state index < -0.39 is 10.0 Å². The third-order valence-corrected chi connectivity index (χ3v) is 7.51. The minimum atomic E-state index is -3.48. The third kappa shape index (κ3) is 4.70. The highest BCUT2D eigenvalue weighted by Crippen LogP contribution is 2.35. The first-order chi connectivity index (χ1) is 13.0. The summed E-state index contributed by atoms with van der Waals surface area (Å²) in [7, 11) is -2.11. The van der Waals surface area contributed by atoms with Gasteiger partial charge in [-0.25, -0.2) is 13.1 Å². The fraction of sp³-hybridized carbons (Fsp3) is 0.650. The smallest absolute Gasteiger partial charge is 0.251 e. The standard InChI is InChI=1S/C20H31N3O3S/c1-21-27(25,26)18-10-8-17(9-11-18)19(24)22-16-20(12-4-2-5-13-20)23-14-6-3-7-15-23/h8-11,21H,2-7,12-16H2,1H3,(H,22,24). The molecular formula is C20H31N3O3S. The van der Waals surface area contributed by atoms with E-state index in [-0.39, 0.29) is 16.3 Å². The molecule has 0 atom stereocenters. The predicted molar refractivity (Wildman–Crippen MR) is 106 cm³/mol. The van der Waals surface area contributed by atoms with Gasteiger partial charge in [0.05, 0.1) is 4.90 Å². The van der Waals surface area contributed by atoms with Crippen LogP contribution in [0, 0.1) is 0 Å². The van der Waals surface area contributed by atoms with E-state index in [4.69, 9.17) is 0 Å². The summed E-state index contributed by atoms with van der Waals surface area (Å²) in [5.74, 6) is -0.134. The Bertz CT molecular complexity index is 734. The van der Waals surface area contributed by atoms with Crippen LogP contribution in [0.3, 0.4) is 0 Å². The molecule has 150 valence electrons. The van der Waals surface area contributed by atoms with Gasteiger partial charge in [0.1, 0.15) is 0 Å². The molecule has 7 heteroatoms. The first-order valence-corrected chi connectivity index (χ1v) is 11.5. The number of hydrogen-bond acceptors (Lipinski definition) is 4. The molecule has 0 radical (unpaired) electrons. The van der Waals surface area contributed by atoms with Gasteiger partial charge in [0.15, 0.2) is 0 Å². The van der Waals surface area contributed by atoms with Gasteiger partial charge >= 0.3 is 0 Å². The highest BCUT2D eigenvalue weighted by atomic mass is 32.2. The topological polar surface area (TPSA) is 78.5 Å². The van der Waals surface area contributed by atoms with Crippen LogP contribution in [0.15, 0.2) is 29.2 Å². The molecule has 6 nitrogen and oxygen atoms in total. The van der Waals surface area contributed by atoms with Crippen LogP contribution < -0.4 is 10.0 Å². The Morgan fingerprint density at radius 1 is 1.00 bits per heavy atom. The molecule has 0 spiro atoms. The largest absolute Gasteiger partial charge is 0.350 e. The first-order valence-electron chi connectivity index (χ1n) is 10.0. The number of nitrogens with one attached hydrogen (secondary N) is 2. The molecule has 1 amide bonds. The number of carbonyl (C=O) groups excluding carboxylic acids is 1. The Morgan fingerprint density at radius 3 is 2.19 bits per heavy atom. The summed E-state index contributed by atoms with van der Waals surface area (Å²) >= 11 is 0. The quantitative estimate of drug-likeness (QED) is 0.778. The van der Waals surface area contributed by atoms with Crippen LogP contribution in [0.5, 0.6) is 0 Å². The van der Waals surface area contributed by atoms with Gasteiger partial charge in [-0.15, -0.1) is 0 Å². The summed E-state index contributed by atoms with van der Waals surface area (Å²) in [6, 6.07) is 6.10. The lowest BCUT2D eigenvalue weighted by Crippen LogP contribution is -2.58. The highest BCUT2D eigenvalue weighted by Gasteiger charge is 2.38. The Kier molecular flexibility index (Phi) is 6.55. The maximum Gasteiger partial charge on any atom is 0.251 e. The van der Waals surface area contributed by atoms with Crippen molar-refractivity contribution in [2.45, 2.75) is 61.8 Å². The lowest BCUT2D eigenvalue weighted by atomic mass is 9.79. The van der Waals surface area contributed by atoms with Crippen molar-refractivity contribution in [2.75, 3.05) is 26.7 Å². The molecular weight excluding hydrogens is 362 g/mol. The van der Waals surface area contributed by atoms with Gasteiger partial charge in [-0.1, -0.05) is 25.7 Å². The molecule has 1 aromatic carbocycles. The van der Waals surface area contributed by atoms with Crippen molar-refractivity contribution < 1.29 is 13.2 Å². The predicted octanol–water partition coefficient (Wildman–Crippen LogP) is 2.51. The Morgan fingerprint density at radius 2 is 1.59 bits per heavy atom. The molecule has 3 rings (SSSR count). The molecule has 0 unspecified atom stereocenters. The average molecular weight is 394 g/mol. The zero-order valence-electron chi connectivity index (χ0n) is 16.2.